The van der Waals surface area contributed by atoms with Gasteiger partial charge in [-0.1, -0.05) is 18.7 Å². The molecule has 5 rings (SSSR count). The van der Waals surface area contributed by atoms with Crippen molar-refractivity contribution in [2.45, 2.75) is 45.2 Å². The summed E-state index contributed by atoms with van der Waals surface area (Å²) in [6.07, 6.45) is 5.70. The first-order valence-corrected chi connectivity index (χ1v) is 16.5. The Morgan fingerprint density at radius 3 is 2.56 bits per heavy atom. The second-order valence-electron chi connectivity index (χ2n) is 12.1. The van der Waals surface area contributed by atoms with Gasteiger partial charge in [-0.3, -0.25) is 14.6 Å². The number of hydrogen-bond acceptors (Lipinski definition) is 8. The lowest BCUT2D eigenvalue weighted by Crippen LogP contribution is -2.39. The van der Waals surface area contributed by atoms with Crippen LogP contribution in [-0.2, 0) is 16.0 Å². The zero-order valence-electron chi connectivity index (χ0n) is 27.8. The number of anilines is 1. The highest BCUT2D eigenvalue weighted by atomic mass is 19.1. The maximum absolute atomic E-state index is 13.7. The Labute approximate surface area is 280 Å². The van der Waals surface area contributed by atoms with Gasteiger partial charge in [-0.05, 0) is 85.7 Å². The molecule has 1 aliphatic carbocycles. The number of hydrogen-bond donors (Lipinski definition) is 3. The number of nitrogens with one attached hydrogen (secondary N) is 2. The third kappa shape index (κ3) is 8.94. The normalized spacial score (nSPS) is 12.7. The minimum absolute atomic E-state index is 0.206. The number of hydrazine groups is 1. The monoisotopic (exact) mass is 659 g/mol. The van der Waals surface area contributed by atoms with Crippen LogP contribution in [0.15, 0.2) is 59.0 Å². The molecule has 1 aromatic heterocycles. The van der Waals surface area contributed by atoms with E-state index < -0.39 is 5.97 Å². The molecule has 3 N–H and O–H groups in total. The molecule has 0 radical (unpaired) electrons. The molecular formula is C36H43BFN3O7. The second-order valence-corrected chi connectivity index (χ2v) is 12.1. The smallest absolute Gasteiger partial charge is 0.335 e. The Hall–Kier alpha value is -4.39. The maximum Gasteiger partial charge on any atom is 0.335 e. The number of aryl methyl sites for hydroxylation is 1. The van der Waals surface area contributed by atoms with Crippen LogP contribution in [0.3, 0.4) is 0 Å². The van der Waals surface area contributed by atoms with Gasteiger partial charge >= 0.3 is 5.97 Å². The summed E-state index contributed by atoms with van der Waals surface area (Å²) in [5, 5.41) is 14.6. The molecule has 4 aromatic rings. The first kappa shape index (κ1) is 34.9. The number of carboxylic acid groups (broad SMARTS) is 1. The molecule has 0 unspecified atom stereocenters. The fraction of sp³-hybridized carbons (Fsp3) is 0.389. The third-order valence-electron chi connectivity index (χ3n) is 8.44. The van der Waals surface area contributed by atoms with Gasteiger partial charge in [-0.15, -0.1) is 5.59 Å². The summed E-state index contributed by atoms with van der Waals surface area (Å²) in [4.78, 5) is 29.7. The zero-order chi connectivity index (χ0) is 34.0. The van der Waals surface area contributed by atoms with Crippen LogP contribution in [0.2, 0.25) is 12.6 Å². The van der Waals surface area contributed by atoms with Gasteiger partial charge in [0.15, 0.2) is 0 Å². The van der Waals surface area contributed by atoms with E-state index in [9.17, 15) is 19.1 Å². The van der Waals surface area contributed by atoms with Gasteiger partial charge in [0.05, 0.1) is 30.5 Å². The molecule has 10 nitrogen and oxygen atoms in total. The highest BCUT2D eigenvalue weighted by Crippen LogP contribution is 2.41. The van der Waals surface area contributed by atoms with Crippen molar-refractivity contribution in [3.8, 4) is 17.1 Å². The van der Waals surface area contributed by atoms with Crippen LogP contribution in [0.4, 0.5) is 10.1 Å². The first-order chi connectivity index (χ1) is 23.3. The Morgan fingerprint density at radius 1 is 1.06 bits per heavy atom. The highest BCUT2D eigenvalue weighted by molar-refractivity contribution is 6.35. The number of aromatic carboxylic acids is 1. The molecule has 1 amide bonds. The summed E-state index contributed by atoms with van der Waals surface area (Å²) in [5.74, 6) is -0.0229. The highest BCUT2D eigenvalue weighted by Gasteiger charge is 2.28. The van der Waals surface area contributed by atoms with Crippen molar-refractivity contribution in [3.05, 3.63) is 82.7 Å². The summed E-state index contributed by atoms with van der Waals surface area (Å²) < 4.78 is 31.6. The van der Waals surface area contributed by atoms with E-state index in [-0.39, 0.29) is 17.3 Å². The van der Waals surface area contributed by atoms with Gasteiger partial charge in [0.25, 0.3) is 5.91 Å². The molecule has 254 valence electrons. The Morgan fingerprint density at radius 2 is 1.85 bits per heavy atom. The van der Waals surface area contributed by atoms with E-state index in [1.54, 1.807) is 44.5 Å². The number of carbonyl (C=O) groups excluding carboxylic acids is 1. The van der Waals surface area contributed by atoms with E-state index in [1.165, 1.54) is 25.0 Å². The molecule has 48 heavy (non-hydrogen) atoms. The summed E-state index contributed by atoms with van der Waals surface area (Å²) >= 11 is 0. The number of furan rings is 1. The van der Waals surface area contributed by atoms with Crippen molar-refractivity contribution in [2.75, 3.05) is 45.5 Å². The van der Waals surface area contributed by atoms with Crippen LogP contribution >= 0.6 is 0 Å². The SMILES string of the molecule is CNC(=O)c1c(-c2ccc(F)cc2)oc2cc(N(CCBCCOCCCOc3cc(C(=O)O)ccc3C)NOC)c(CC3CC3)cc12. The van der Waals surface area contributed by atoms with Crippen LogP contribution in [0.1, 0.15) is 51.1 Å². The number of rotatable bonds is 19. The summed E-state index contributed by atoms with van der Waals surface area (Å²) in [6.45, 7) is 4.19. The molecule has 1 heterocycles. The zero-order valence-corrected chi connectivity index (χ0v) is 27.8. The molecule has 12 heteroatoms. The standard InChI is InChI=1S/C36H43BFN3O7/c1-23-5-8-26(36(43)44)21-31(23)47-17-4-16-46-18-14-37-13-15-41(40-45-3)30-22-32-29(20-27(30)19-24-6-7-24)33(35(42)39-2)34(48-32)25-9-11-28(38)12-10-25/h5,8-12,20-22,24,37,40H,4,6-7,13-19H2,1-3H3,(H,39,42)(H,43,44). The van der Waals surface area contributed by atoms with E-state index in [4.69, 9.17) is 18.7 Å². The lowest BCUT2D eigenvalue weighted by atomic mass is 9.71. The minimum Gasteiger partial charge on any atom is -0.493 e. The number of ether oxygens (including phenoxy) is 2. The lowest BCUT2D eigenvalue weighted by Gasteiger charge is -2.26. The third-order valence-corrected chi connectivity index (χ3v) is 8.44. The fourth-order valence-corrected chi connectivity index (χ4v) is 5.69. The molecule has 0 aliphatic heterocycles. The van der Waals surface area contributed by atoms with E-state index in [0.717, 1.165) is 48.5 Å². The number of halogens is 1. The predicted octanol–water partition coefficient (Wildman–Crippen LogP) is 6.19. The van der Waals surface area contributed by atoms with Crippen molar-refractivity contribution in [1.29, 1.82) is 0 Å². The van der Waals surface area contributed by atoms with Gasteiger partial charge in [0, 0.05) is 50.2 Å². The van der Waals surface area contributed by atoms with Crippen LogP contribution < -0.4 is 20.7 Å². The van der Waals surface area contributed by atoms with Gasteiger partial charge in [0.1, 0.15) is 30.2 Å². The molecule has 1 saturated carbocycles. The largest absolute Gasteiger partial charge is 0.493 e. The Bertz CT molecular complexity index is 1710. The summed E-state index contributed by atoms with van der Waals surface area (Å²) in [5.41, 5.74) is 7.78. The molecule has 0 spiro atoms. The Kier molecular flexibility index (Phi) is 12.1. The molecular weight excluding hydrogens is 616 g/mol. The second kappa shape index (κ2) is 16.6. The van der Waals surface area contributed by atoms with E-state index >= 15 is 0 Å². The average molecular weight is 660 g/mol. The minimum atomic E-state index is -0.977. The molecule has 0 saturated heterocycles. The lowest BCUT2D eigenvalue weighted by molar-refractivity contribution is 0.0695. The quantitative estimate of drug-likeness (QED) is 0.0615. The fourth-order valence-electron chi connectivity index (χ4n) is 5.69. The molecule has 1 fully saturated rings. The maximum atomic E-state index is 13.7. The number of fused-ring (bicyclic) bond motifs is 1. The number of benzene rings is 3. The molecule has 3 aromatic carbocycles. The summed E-state index contributed by atoms with van der Waals surface area (Å²) in [6, 6.07) is 14.8. The number of carboxylic acids is 1. The van der Waals surface area contributed by atoms with Crippen molar-refractivity contribution >= 4 is 35.8 Å². The molecule has 1 aliphatic rings. The van der Waals surface area contributed by atoms with E-state index in [0.29, 0.717) is 66.9 Å². The predicted molar refractivity (Wildman–Crippen MR) is 185 cm³/mol. The number of carbonyl (C=O) groups is 2. The Balaban J connectivity index is 1.18. The van der Waals surface area contributed by atoms with Gasteiger partial charge in [0.2, 0.25) is 0 Å². The van der Waals surface area contributed by atoms with Crippen molar-refractivity contribution in [2.24, 2.45) is 5.92 Å². The van der Waals surface area contributed by atoms with Gasteiger partial charge in [-0.2, -0.15) is 0 Å². The first-order valence-electron chi connectivity index (χ1n) is 16.5. The van der Waals surface area contributed by atoms with Crippen LogP contribution in [-0.4, -0.2) is 64.8 Å². The van der Waals surface area contributed by atoms with Gasteiger partial charge < -0.3 is 24.3 Å². The number of nitrogens with zero attached hydrogens (tertiary/aromatic N) is 1. The number of amides is 1. The van der Waals surface area contributed by atoms with Crippen LogP contribution in [0.5, 0.6) is 5.75 Å². The van der Waals surface area contributed by atoms with Crippen LogP contribution in [0.25, 0.3) is 22.3 Å². The topological polar surface area (TPSA) is 123 Å². The van der Waals surface area contributed by atoms with E-state index in [1.807, 2.05) is 18.0 Å². The molecule has 0 atom stereocenters. The summed E-state index contributed by atoms with van der Waals surface area (Å²) in [7, 11) is 4.11. The van der Waals surface area contributed by atoms with Crippen molar-refractivity contribution in [1.82, 2.24) is 10.9 Å². The molecule has 0 bridgehead atoms. The van der Waals surface area contributed by atoms with Crippen LogP contribution in [0, 0.1) is 18.7 Å². The average Bonchev–Trinajstić information content (AvgIpc) is 3.82. The van der Waals surface area contributed by atoms with Crippen molar-refractivity contribution < 1.29 is 37.8 Å². The van der Waals surface area contributed by atoms with Gasteiger partial charge in [-0.25, -0.2) is 9.18 Å². The van der Waals surface area contributed by atoms with Crippen molar-refractivity contribution in [3.63, 3.8) is 0 Å². The van der Waals surface area contributed by atoms with E-state index in [2.05, 4.69) is 17.0 Å².